The van der Waals surface area contributed by atoms with Gasteiger partial charge in [-0.1, -0.05) is 29.4 Å². The van der Waals surface area contributed by atoms with Gasteiger partial charge in [0.05, 0.1) is 5.71 Å². The van der Waals surface area contributed by atoms with Crippen LogP contribution in [0.3, 0.4) is 0 Å². The summed E-state index contributed by atoms with van der Waals surface area (Å²) in [5, 5.41) is 6.14. The van der Waals surface area contributed by atoms with E-state index in [1.54, 1.807) is 18.2 Å². The highest BCUT2D eigenvalue weighted by molar-refractivity contribution is 6.01. The number of rotatable bonds is 5. The van der Waals surface area contributed by atoms with Gasteiger partial charge in [0, 0.05) is 12.0 Å². The van der Waals surface area contributed by atoms with Crippen LogP contribution in [0.25, 0.3) is 0 Å². The molecule has 2 N–H and O–H groups in total. The number of quaternary nitrogens is 1. The van der Waals surface area contributed by atoms with Crippen molar-refractivity contribution in [1.29, 1.82) is 0 Å². The van der Waals surface area contributed by atoms with Crippen LogP contribution in [-0.4, -0.2) is 18.4 Å². The van der Waals surface area contributed by atoms with Crippen molar-refractivity contribution in [2.45, 2.75) is 19.1 Å². The zero-order valence-electron chi connectivity index (χ0n) is 12.0. The second-order valence-electron chi connectivity index (χ2n) is 5.33. The minimum Gasteiger partial charge on any atom is -0.386 e. The van der Waals surface area contributed by atoms with E-state index in [0.717, 1.165) is 23.4 Å². The van der Waals surface area contributed by atoms with Crippen molar-refractivity contribution in [3.63, 3.8) is 0 Å². The first-order valence-electron chi connectivity index (χ1n) is 7.25. The standard InChI is InChI=1S/C17H16F2N2O/c18-14-6-4-13(5-7-14)17-9-16(22-21-17)11-20-10-12-2-1-3-15(19)8-12/h1-8,16,20H,9-11H2/p+1/t16-/m1/s1. The van der Waals surface area contributed by atoms with E-state index in [0.29, 0.717) is 13.0 Å². The molecule has 0 fully saturated rings. The van der Waals surface area contributed by atoms with E-state index in [1.165, 1.54) is 24.3 Å². The Bertz CT molecular complexity index is 671. The van der Waals surface area contributed by atoms with E-state index in [1.807, 2.05) is 6.07 Å². The maximum absolute atomic E-state index is 13.1. The average Bonchev–Trinajstić information content (AvgIpc) is 2.97. The van der Waals surface area contributed by atoms with Gasteiger partial charge in [-0.3, -0.25) is 0 Å². The van der Waals surface area contributed by atoms with E-state index in [9.17, 15) is 8.78 Å². The molecule has 0 radical (unpaired) electrons. The second kappa shape index (κ2) is 6.66. The predicted molar refractivity (Wildman–Crippen MR) is 79.3 cm³/mol. The third kappa shape index (κ3) is 3.68. The fourth-order valence-electron chi connectivity index (χ4n) is 2.47. The van der Waals surface area contributed by atoms with Crippen molar-refractivity contribution < 1.29 is 18.9 Å². The first-order valence-corrected chi connectivity index (χ1v) is 7.25. The van der Waals surface area contributed by atoms with Gasteiger partial charge >= 0.3 is 0 Å². The number of hydrogen-bond acceptors (Lipinski definition) is 2. The Labute approximate surface area is 127 Å². The van der Waals surface area contributed by atoms with Gasteiger partial charge in [-0.05, 0) is 29.8 Å². The van der Waals surface area contributed by atoms with Crippen LogP contribution in [0.1, 0.15) is 17.5 Å². The third-order valence-corrected chi connectivity index (χ3v) is 3.61. The van der Waals surface area contributed by atoms with Gasteiger partial charge in [0.1, 0.15) is 24.7 Å². The summed E-state index contributed by atoms with van der Waals surface area (Å²) in [6.07, 6.45) is 0.694. The summed E-state index contributed by atoms with van der Waals surface area (Å²) >= 11 is 0. The summed E-state index contributed by atoms with van der Waals surface area (Å²) in [7, 11) is 0. The molecule has 0 spiro atoms. The number of nitrogens with zero attached hydrogens (tertiary/aromatic N) is 1. The molecule has 2 aromatic rings. The van der Waals surface area contributed by atoms with E-state index in [4.69, 9.17) is 4.84 Å². The van der Waals surface area contributed by atoms with Gasteiger partial charge < -0.3 is 10.2 Å². The molecule has 0 unspecified atom stereocenters. The molecule has 0 saturated carbocycles. The minimum absolute atomic E-state index is 0.00591. The number of benzene rings is 2. The Hall–Kier alpha value is -2.27. The van der Waals surface area contributed by atoms with Gasteiger partial charge in [-0.15, -0.1) is 0 Å². The Morgan fingerprint density at radius 1 is 1.09 bits per heavy atom. The molecule has 3 nitrogen and oxygen atoms in total. The molecule has 5 heteroatoms. The number of halogens is 2. The van der Waals surface area contributed by atoms with Gasteiger partial charge in [0.15, 0.2) is 6.10 Å². The molecule has 22 heavy (non-hydrogen) atoms. The van der Waals surface area contributed by atoms with Crippen molar-refractivity contribution in [2.24, 2.45) is 5.16 Å². The largest absolute Gasteiger partial charge is 0.386 e. The summed E-state index contributed by atoms with van der Waals surface area (Å²) in [5.74, 6) is -0.479. The highest BCUT2D eigenvalue weighted by Crippen LogP contribution is 2.16. The predicted octanol–water partition coefficient (Wildman–Crippen LogP) is 2.22. The highest BCUT2D eigenvalue weighted by Gasteiger charge is 2.23. The lowest BCUT2D eigenvalue weighted by molar-refractivity contribution is -0.676. The van der Waals surface area contributed by atoms with Crippen molar-refractivity contribution in [3.8, 4) is 0 Å². The molecule has 0 bridgehead atoms. The number of oxime groups is 1. The lowest BCUT2D eigenvalue weighted by Crippen LogP contribution is -2.84. The first kappa shape index (κ1) is 14.7. The van der Waals surface area contributed by atoms with Crippen molar-refractivity contribution in [1.82, 2.24) is 0 Å². The van der Waals surface area contributed by atoms with E-state index in [-0.39, 0.29) is 17.7 Å². The van der Waals surface area contributed by atoms with Gasteiger partial charge in [-0.2, -0.15) is 0 Å². The minimum atomic E-state index is -0.261. The molecule has 114 valence electrons. The van der Waals surface area contributed by atoms with Crippen LogP contribution in [0.2, 0.25) is 0 Å². The summed E-state index contributed by atoms with van der Waals surface area (Å²) in [6, 6.07) is 12.8. The van der Waals surface area contributed by atoms with Crippen LogP contribution in [-0.2, 0) is 11.4 Å². The van der Waals surface area contributed by atoms with Crippen LogP contribution in [0.5, 0.6) is 0 Å². The molecule has 1 aliphatic rings. The quantitative estimate of drug-likeness (QED) is 0.904. The van der Waals surface area contributed by atoms with Crippen LogP contribution in [0, 0.1) is 11.6 Å². The molecule has 1 atom stereocenters. The van der Waals surface area contributed by atoms with Crippen LogP contribution in [0.4, 0.5) is 8.78 Å². The van der Waals surface area contributed by atoms with Crippen LogP contribution >= 0.6 is 0 Å². The Balaban J connectivity index is 1.47. The highest BCUT2D eigenvalue weighted by atomic mass is 19.1. The molecule has 0 saturated heterocycles. The Kier molecular flexibility index (Phi) is 4.44. The molecular formula is C17H17F2N2O+. The van der Waals surface area contributed by atoms with Gasteiger partial charge in [-0.25, -0.2) is 8.78 Å². The third-order valence-electron chi connectivity index (χ3n) is 3.61. The van der Waals surface area contributed by atoms with E-state index < -0.39 is 0 Å². The van der Waals surface area contributed by atoms with Crippen molar-refractivity contribution in [2.75, 3.05) is 6.54 Å². The molecule has 2 aromatic carbocycles. The van der Waals surface area contributed by atoms with E-state index >= 15 is 0 Å². The fraction of sp³-hybridized carbons (Fsp3) is 0.235. The number of hydrogen-bond donors (Lipinski definition) is 1. The summed E-state index contributed by atoms with van der Waals surface area (Å²) in [5.41, 5.74) is 2.66. The normalized spacial score (nSPS) is 17.2. The number of nitrogens with two attached hydrogens (primary N) is 1. The van der Waals surface area contributed by atoms with Crippen molar-refractivity contribution in [3.05, 3.63) is 71.3 Å². The van der Waals surface area contributed by atoms with Gasteiger partial charge in [0.25, 0.3) is 0 Å². The zero-order chi connectivity index (χ0) is 15.4. The molecule has 0 aromatic heterocycles. The molecule has 1 aliphatic heterocycles. The zero-order valence-corrected chi connectivity index (χ0v) is 12.0. The fourth-order valence-corrected chi connectivity index (χ4v) is 2.47. The maximum Gasteiger partial charge on any atom is 0.181 e. The van der Waals surface area contributed by atoms with Crippen LogP contribution < -0.4 is 5.32 Å². The molecular weight excluding hydrogens is 286 g/mol. The Morgan fingerprint density at radius 2 is 1.91 bits per heavy atom. The molecule has 3 rings (SSSR count). The second-order valence-corrected chi connectivity index (χ2v) is 5.33. The monoisotopic (exact) mass is 303 g/mol. The Morgan fingerprint density at radius 3 is 2.68 bits per heavy atom. The van der Waals surface area contributed by atoms with Crippen molar-refractivity contribution >= 4 is 5.71 Å². The molecule has 0 aliphatic carbocycles. The smallest absolute Gasteiger partial charge is 0.181 e. The average molecular weight is 303 g/mol. The van der Waals surface area contributed by atoms with Gasteiger partial charge in [0.2, 0.25) is 0 Å². The van der Waals surface area contributed by atoms with E-state index in [2.05, 4.69) is 10.5 Å². The maximum atomic E-state index is 13.1. The molecule has 1 heterocycles. The summed E-state index contributed by atoms with van der Waals surface area (Å²) in [4.78, 5) is 5.40. The van der Waals surface area contributed by atoms with Crippen LogP contribution in [0.15, 0.2) is 53.7 Å². The SMILES string of the molecule is Fc1ccc(C2=NO[C@@H](C[NH2+]Cc3cccc(F)c3)C2)cc1. The first-order chi connectivity index (χ1) is 10.7. The molecule has 0 amide bonds. The lowest BCUT2D eigenvalue weighted by atomic mass is 10.1. The topological polar surface area (TPSA) is 38.2 Å². The summed E-state index contributed by atoms with van der Waals surface area (Å²) in [6.45, 7) is 1.44. The summed E-state index contributed by atoms with van der Waals surface area (Å²) < 4.78 is 26.0. The lowest BCUT2D eigenvalue weighted by Gasteiger charge is -2.07.